The minimum absolute atomic E-state index is 0.311. The van der Waals surface area contributed by atoms with Crippen molar-refractivity contribution >= 4 is 0 Å². The lowest BCUT2D eigenvalue weighted by molar-refractivity contribution is 0.390. The molecule has 0 spiro atoms. The zero-order chi connectivity index (χ0) is 17.5. The Morgan fingerprint density at radius 2 is 1.71 bits per heavy atom. The highest BCUT2D eigenvalue weighted by atomic mass is 16.5. The summed E-state index contributed by atoms with van der Waals surface area (Å²) in [5.74, 6) is 1.88. The fourth-order valence-corrected chi connectivity index (χ4v) is 2.74. The summed E-state index contributed by atoms with van der Waals surface area (Å²) in [6, 6.07) is 14.1. The third-order valence-corrected chi connectivity index (χ3v) is 4.15. The molecule has 0 saturated carbocycles. The first kappa shape index (κ1) is 17.7. The smallest absolute Gasteiger partial charge is 0.125 e. The second-order valence-corrected chi connectivity index (χ2v) is 5.49. The van der Waals surface area contributed by atoms with Crippen molar-refractivity contribution in [2.45, 2.75) is 25.7 Å². The molecule has 126 valence electrons. The molecule has 0 aliphatic carbocycles. The van der Waals surface area contributed by atoms with Crippen molar-refractivity contribution in [2.75, 3.05) is 21.3 Å². The topological polar surface area (TPSA) is 51.5 Å². The number of ether oxygens (including phenoxy) is 3. The minimum Gasteiger partial charge on any atom is -0.497 e. The van der Waals surface area contributed by atoms with E-state index in [1.807, 2.05) is 30.3 Å². The molecule has 2 rings (SSSR count). The van der Waals surface area contributed by atoms with E-state index < -0.39 is 0 Å². The Kier molecular flexibility index (Phi) is 6.08. The lowest BCUT2D eigenvalue weighted by atomic mass is 9.90. The van der Waals surface area contributed by atoms with E-state index >= 15 is 0 Å². The third-order valence-electron chi connectivity index (χ3n) is 4.15. The van der Waals surface area contributed by atoms with Gasteiger partial charge in [0.15, 0.2) is 0 Å². The van der Waals surface area contributed by atoms with Crippen LogP contribution in [0.15, 0.2) is 36.4 Å². The maximum absolute atomic E-state index is 9.72. The Hall–Kier alpha value is -2.67. The van der Waals surface area contributed by atoms with Gasteiger partial charge in [-0.15, -0.1) is 0 Å². The van der Waals surface area contributed by atoms with Crippen LogP contribution in [0.25, 0.3) is 0 Å². The Labute approximate surface area is 143 Å². The second kappa shape index (κ2) is 8.26. The first-order chi connectivity index (χ1) is 11.7. The SMILES string of the molecule is CCc1ccc(OC)c(C(C#N)Cc2ccc(OC)cc2OC)c1. The summed E-state index contributed by atoms with van der Waals surface area (Å²) >= 11 is 0. The van der Waals surface area contributed by atoms with Crippen molar-refractivity contribution in [3.8, 4) is 23.3 Å². The van der Waals surface area contributed by atoms with E-state index in [2.05, 4.69) is 19.1 Å². The zero-order valence-corrected chi connectivity index (χ0v) is 14.6. The average Bonchev–Trinajstić information content (AvgIpc) is 2.65. The number of benzene rings is 2. The van der Waals surface area contributed by atoms with Crippen molar-refractivity contribution < 1.29 is 14.2 Å². The molecule has 4 heteroatoms. The van der Waals surface area contributed by atoms with Crippen molar-refractivity contribution in [1.82, 2.24) is 0 Å². The molecule has 0 heterocycles. The van der Waals surface area contributed by atoms with Crippen molar-refractivity contribution in [1.29, 1.82) is 5.26 Å². The molecule has 1 atom stereocenters. The molecule has 0 amide bonds. The molecule has 0 saturated heterocycles. The Morgan fingerprint density at radius 1 is 0.958 bits per heavy atom. The van der Waals surface area contributed by atoms with Gasteiger partial charge in [-0.2, -0.15) is 5.26 Å². The maximum atomic E-state index is 9.72. The van der Waals surface area contributed by atoms with Gasteiger partial charge in [0.25, 0.3) is 0 Å². The van der Waals surface area contributed by atoms with E-state index in [-0.39, 0.29) is 5.92 Å². The van der Waals surface area contributed by atoms with Crippen LogP contribution in [-0.2, 0) is 12.8 Å². The Bertz CT molecular complexity index is 734. The summed E-state index contributed by atoms with van der Waals surface area (Å²) in [7, 11) is 4.87. The van der Waals surface area contributed by atoms with Gasteiger partial charge in [-0.1, -0.05) is 25.1 Å². The predicted molar refractivity (Wildman–Crippen MR) is 94.0 cm³/mol. The monoisotopic (exact) mass is 325 g/mol. The molecule has 0 fully saturated rings. The lowest BCUT2D eigenvalue weighted by Crippen LogP contribution is -2.05. The second-order valence-electron chi connectivity index (χ2n) is 5.49. The standard InChI is InChI=1S/C20H23NO3/c1-5-14-6-9-19(23-3)18(10-14)16(13-21)11-15-7-8-17(22-2)12-20(15)24-4/h6-10,12,16H,5,11H2,1-4H3. The van der Waals surface area contributed by atoms with Gasteiger partial charge in [0.05, 0.1) is 33.3 Å². The van der Waals surface area contributed by atoms with Crippen LogP contribution in [0.2, 0.25) is 0 Å². The largest absolute Gasteiger partial charge is 0.497 e. The lowest BCUT2D eigenvalue weighted by Gasteiger charge is -2.17. The van der Waals surface area contributed by atoms with E-state index in [1.54, 1.807) is 21.3 Å². The van der Waals surface area contributed by atoms with Crippen LogP contribution >= 0.6 is 0 Å². The highest BCUT2D eigenvalue weighted by molar-refractivity contribution is 5.46. The Balaban J connectivity index is 2.39. The van der Waals surface area contributed by atoms with Gasteiger partial charge in [0.1, 0.15) is 17.2 Å². The molecule has 1 unspecified atom stereocenters. The molecule has 0 N–H and O–H groups in total. The fourth-order valence-electron chi connectivity index (χ4n) is 2.74. The molecule has 0 radical (unpaired) electrons. The first-order valence-corrected chi connectivity index (χ1v) is 7.94. The van der Waals surface area contributed by atoms with E-state index in [1.165, 1.54) is 5.56 Å². The van der Waals surface area contributed by atoms with E-state index in [4.69, 9.17) is 14.2 Å². The molecule has 0 bridgehead atoms. The van der Waals surface area contributed by atoms with Crippen LogP contribution in [0.4, 0.5) is 0 Å². The van der Waals surface area contributed by atoms with Crippen LogP contribution in [0.1, 0.15) is 29.5 Å². The molecule has 24 heavy (non-hydrogen) atoms. The fraction of sp³-hybridized carbons (Fsp3) is 0.350. The average molecular weight is 325 g/mol. The van der Waals surface area contributed by atoms with Crippen molar-refractivity contribution in [3.63, 3.8) is 0 Å². The highest BCUT2D eigenvalue weighted by Gasteiger charge is 2.19. The van der Waals surface area contributed by atoms with Crippen LogP contribution in [-0.4, -0.2) is 21.3 Å². The van der Waals surface area contributed by atoms with Crippen molar-refractivity contribution in [2.24, 2.45) is 0 Å². The first-order valence-electron chi connectivity index (χ1n) is 7.94. The van der Waals surface area contributed by atoms with Gasteiger partial charge in [-0.05, 0) is 36.1 Å². The number of hydrogen-bond donors (Lipinski definition) is 0. The minimum atomic E-state index is -0.311. The van der Waals surface area contributed by atoms with Gasteiger partial charge in [0.2, 0.25) is 0 Å². The predicted octanol–water partition coefficient (Wildman–Crippen LogP) is 4.12. The zero-order valence-electron chi connectivity index (χ0n) is 14.6. The number of methoxy groups -OCH3 is 3. The summed E-state index contributed by atoms with van der Waals surface area (Å²) in [5, 5.41) is 9.72. The number of aryl methyl sites for hydroxylation is 1. The van der Waals surface area contributed by atoms with Crippen LogP contribution in [0, 0.1) is 11.3 Å². The van der Waals surface area contributed by atoms with Gasteiger partial charge < -0.3 is 14.2 Å². The third kappa shape index (κ3) is 3.80. The van der Waals surface area contributed by atoms with Gasteiger partial charge in [-0.25, -0.2) is 0 Å². The van der Waals surface area contributed by atoms with Gasteiger partial charge in [0, 0.05) is 11.6 Å². The highest BCUT2D eigenvalue weighted by Crippen LogP contribution is 2.33. The molecule has 2 aromatic carbocycles. The molecule has 0 aromatic heterocycles. The number of nitrogens with zero attached hydrogens (tertiary/aromatic N) is 1. The maximum Gasteiger partial charge on any atom is 0.125 e. The summed E-state index contributed by atoms with van der Waals surface area (Å²) in [5.41, 5.74) is 3.07. The molecule has 0 aliphatic rings. The van der Waals surface area contributed by atoms with Gasteiger partial charge in [-0.3, -0.25) is 0 Å². The number of hydrogen-bond acceptors (Lipinski definition) is 4. The normalized spacial score (nSPS) is 11.5. The quantitative estimate of drug-likeness (QED) is 0.768. The Morgan fingerprint density at radius 3 is 2.29 bits per heavy atom. The number of rotatable bonds is 7. The number of nitriles is 1. The summed E-state index contributed by atoms with van der Waals surface area (Å²) in [6.07, 6.45) is 1.47. The van der Waals surface area contributed by atoms with Crippen LogP contribution in [0.3, 0.4) is 0 Å². The van der Waals surface area contributed by atoms with E-state index in [9.17, 15) is 5.26 Å². The summed E-state index contributed by atoms with van der Waals surface area (Å²) < 4.78 is 16.1. The van der Waals surface area contributed by atoms with E-state index in [0.717, 1.165) is 34.8 Å². The molecular weight excluding hydrogens is 302 g/mol. The molecule has 4 nitrogen and oxygen atoms in total. The molecular formula is C20H23NO3. The van der Waals surface area contributed by atoms with Crippen LogP contribution < -0.4 is 14.2 Å². The van der Waals surface area contributed by atoms with E-state index in [0.29, 0.717) is 6.42 Å². The summed E-state index contributed by atoms with van der Waals surface area (Å²) in [4.78, 5) is 0. The summed E-state index contributed by atoms with van der Waals surface area (Å²) in [6.45, 7) is 2.10. The van der Waals surface area contributed by atoms with Crippen molar-refractivity contribution in [3.05, 3.63) is 53.1 Å². The molecule has 0 aliphatic heterocycles. The van der Waals surface area contributed by atoms with Crippen LogP contribution in [0.5, 0.6) is 17.2 Å². The van der Waals surface area contributed by atoms with Gasteiger partial charge >= 0.3 is 0 Å². The molecule has 2 aromatic rings.